The summed E-state index contributed by atoms with van der Waals surface area (Å²) in [6, 6.07) is -1.52. The van der Waals surface area contributed by atoms with E-state index in [4.69, 9.17) is 4.74 Å². The quantitative estimate of drug-likeness (QED) is 0.657. The third-order valence-corrected chi connectivity index (χ3v) is 2.66. The molecule has 0 spiro atoms. The second-order valence-corrected chi connectivity index (χ2v) is 5.22. The molecule has 0 aliphatic carbocycles. The van der Waals surface area contributed by atoms with Crippen molar-refractivity contribution in [2.24, 2.45) is 5.92 Å². The predicted octanol–water partition coefficient (Wildman–Crippen LogP) is 1.22. The fourth-order valence-electron chi connectivity index (χ4n) is 1.60. The van der Waals surface area contributed by atoms with Gasteiger partial charge in [-0.3, -0.25) is 4.79 Å². The zero-order valence-electron chi connectivity index (χ0n) is 13.4. The monoisotopic (exact) mass is 302 g/mol. The Kier molecular flexibility index (Phi) is 9.16. The molecule has 0 radical (unpaired) electrons. The molecular formula is C14H26N2O5. The van der Waals surface area contributed by atoms with Gasteiger partial charge in [0.1, 0.15) is 12.1 Å². The fraction of sp³-hybridized carbons (Fsp3) is 0.786. The Morgan fingerprint density at radius 1 is 1.10 bits per heavy atom. The van der Waals surface area contributed by atoms with Crippen molar-refractivity contribution in [1.82, 2.24) is 10.6 Å². The van der Waals surface area contributed by atoms with Crippen LogP contribution in [0.3, 0.4) is 0 Å². The molecule has 2 amide bonds. The number of amides is 2. The molecule has 2 unspecified atom stereocenters. The topological polar surface area (TPSA) is 93.7 Å². The van der Waals surface area contributed by atoms with Crippen molar-refractivity contribution in [3.05, 3.63) is 0 Å². The van der Waals surface area contributed by atoms with Gasteiger partial charge in [0.15, 0.2) is 0 Å². The Balaban J connectivity index is 4.57. The Bertz CT molecular complexity index is 357. The molecule has 2 atom stereocenters. The number of alkyl carbamates (subject to hydrolysis) is 1. The van der Waals surface area contributed by atoms with Gasteiger partial charge in [-0.2, -0.15) is 0 Å². The molecule has 7 nitrogen and oxygen atoms in total. The van der Waals surface area contributed by atoms with Gasteiger partial charge < -0.3 is 20.1 Å². The largest absolute Gasteiger partial charge is 0.464 e. The van der Waals surface area contributed by atoms with Gasteiger partial charge in [-0.1, -0.05) is 20.8 Å². The van der Waals surface area contributed by atoms with Crippen LogP contribution in [0.25, 0.3) is 0 Å². The first-order valence-electron chi connectivity index (χ1n) is 7.13. The zero-order chi connectivity index (χ0) is 16.4. The maximum Gasteiger partial charge on any atom is 0.407 e. The summed E-state index contributed by atoms with van der Waals surface area (Å²) in [7, 11) is 1.23. The first-order chi connectivity index (χ1) is 9.81. The van der Waals surface area contributed by atoms with Crippen molar-refractivity contribution in [3.8, 4) is 0 Å². The molecule has 0 bridgehead atoms. The maximum absolute atomic E-state index is 12.1. The lowest BCUT2D eigenvalue weighted by atomic mass is 10.0. The summed E-state index contributed by atoms with van der Waals surface area (Å²) in [5.74, 6) is -0.734. The molecule has 0 fully saturated rings. The lowest BCUT2D eigenvalue weighted by Crippen LogP contribution is -2.51. The number of nitrogens with one attached hydrogen (secondary N) is 2. The highest BCUT2D eigenvalue weighted by Gasteiger charge is 2.25. The van der Waals surface area contributed by atoms with E-state index in [0.29, 0.717) is 19.4 Å². The summed E-state index contributed by atoms with van der Waals surface area (Å²) in [4.78, 5) is 35.0. The summed E-state index contributed by atoms with van der Waals surface area (Å²) in [5, 5.41) is 5.00. The van der Waals surface area contributed by atoms with E-state index in [9.17, 15) is 14.4 Å². The minimum atomic E-state index is -0.766. The molecular weight excluding hydrogens is 276 g/mol. The molecule has 0 aromatic heterocycles. The van der Waals surface area contributed by atoms with Crippen LogP contribution >= 0.6 is 0 Å². The summed E-state index contributed by atoms with van der Waals surface area (Å²) in [6.45, 7) is 7.60. The van der Waals surface area contributed by atoms with Crippen LogP contribution < -0.4 is 10.6 Å². The Morgan fingerprint density at radius 2 is 1.71 bits per heavy atom. The lowest BCUT2D eigenvalue weighted by molar-refractivity contribution is -0.147. The second-order valence-electron chi connectivity index (χ2n) is 5.22. The number of ether oxygens (including phenoxy) is 2. The minimum absolute atomic E-state index is 0.195. The van der Waals surface area contributed by atoms with E-state index in [1.807, 2.05) is 20.8 Å². The van der Waals surface area contributed by atoms with E-state index in [-0.39, 0.29) is 5.92 Å². The molecule has 2 N–H and O–H groups in total. The summed E-state index contributed by atoms with van der Waals surface area (Å²) in [5.41, 5.74) is 0. The third kappa shape index (κ3) is 8.16. The Labute approximate surface area is 125 Å². The average Bonchev–Trinajstić information content (AvgIpc) is 2.42. The number of carbonyl (C=O) groups excluding carboxylic acids is 3. The number of hydrogen-bond donors (Lipinski definition) is 2. The van der Waals surface area contributed by atoms with Crippen LogP contribution in [0, 0.1) is 5.92 Å². The summed E-state index contributed by atoms with van der Waals surface area (Å²) >= 11 is 0. The van der Waals surface area contributed by atoms with Crippen LogP contribution in [-0.4, -0.2) is 43.8 Å². The highest BCUT2D eigenvalue weighted by atomic mass is 16.5. The molecule has 0 saturated heterocycles. The van der Waals surface area contributed by atoms with E-state index in [1.165, 1.54) is 7.11 Å². The van der Waals surface area contributed by atoms with Crippen molar-refractivity contribution in [2.75, 3.05) is 13.7 Å². The van der Waals surface area contributed by atoms with E-state index >= 15 is 0 Å². The summed E-state index contributed by atoms with van der Waals surface area (Å²) in [6.07, 6.45) is 0.473. The highest BCUT2D eigenvalue weighted by molar-refractivity contribution is 5.89. The molecule has 7 heteroatoms. The standard InChI is InChI=1S/C14H26N2O5/c1-6-7-21-13(18)10(4)15-12(17)11(8-9(2)3)16-14(19)20-5/h9-11H,6-8H2,1-5H3,(H,15,17)(H,16,19). The van der Waals surface area contributed by atoms with Crippen molar-refractivity contribution in [2.45, 2.75) is 52.6 Å². The van der Waals surface area contributed by atoms with Gasteiger partial charge in [0, 0.05) is 0 Å². The third-order valence-electron chi connectivity index (χ3n) is 2.66. The number of methoxy groups -OCH3 is 1. The number of hydrogen-bond acceptors (Lipinski definition) is 5. The highest BCUT2D eigenvalue weighted by Crippen LogP contribution is 2.06. The molecule has 122 valence electrons. The minimum Gasteiger partial charge on any atom is -0.464 e. The van der Waals surface area contributed by atoms with Crippen molar-refractivity contribution in [1.29, 1.82) is 0 Å². The van der Waals surface area contributed by atoms with Gasteiger partial charge in [0.2, 0.25) is 5.91 Å². The van der Waals surface area contributed by atoms with Crippen molar-refractivity contribution >= 4 is 18.0 Å². The van der Waals surface area contributed by atoms with Crippen molar-refractivity contribution < 1.29 is 23.9 Å². The zero-order valence-corrected chi connectivity index (χ0v) is 13.4. The van der Waals surface area contributed by atoms with Gasteiger partial charge in [-0.05, 0) is 25.7 Å². The molecule has 0 aromatic carbocycles. The summed E-state index contributed by atoms with van der Waals surface area (Å²) < 4.78 is 9.45. The average molecular weight is 302 g/mol. The maximum atomic E-state index is 12.1. The van der Waals surface area contributed by atoms with Crippen molar-refractivity contribution in [3.63, 3.8) is 0 Å². The van der Waals surface area contributed by atoms with E-state index < -0.39 is 30.1 Å². The van der Waals surface area contributed by atoms with Crippen LogP contribution in [-0.2, 0) is 19.1 Å². The lowest BCUT2D eigenvalue weighted by Gasteiger charge is -2.21. The molecule has 21 heavy (non-hydrogen) atoms. The van der Waals surface area contributed by atoms with Crippen LogP contribution in [0.1, 0.15) is 40.5 Å². The molecule has 0 heterocycles. The second kappa shape index (κ2) is 10.0. The Hall–Kier alpha value is -1.79. The number of esters is 1. The first-order valence-corrected chi connectivity index (χ1v) is 7.13. The van der Waals surface area contributed by atoms with Gasteiger partial charge >= 0.3 is 12.1 Å². The van der Waals surface area contributed by atoms with Crippen LogP contribution in [0.5, 0.6) is 0 Å². The van der Waals surface area contributed by atoms with Crippen LogP contribution in [0.15, 0.2) is 0 Å². The first kappa shape index (κ1) is 19.2. The smallest absolute Gasteiger partial charge is 0.407 e. The van der Waals surface area contributed by atoms with Gasteiger partial charge in [-0.15, -0.1) is 0 Å². The van der Waals surface area contributed by atoms with Crippen LogP contribution in [0.4, 0.5) is 4.79 Å². The Morgan fingerprint density at radius 3 is 2.19 bits per heavy atom. The molecule has 0 rings (SSSR count). The number of carbonyl (C=O) groups is 3. The molecule has 0 aliphatic heterocycles. The van der Waals surface area contributed by atoms with Gasteiger partial charge in [-0.25, -0.2) is 9.59 Å². The SMILES string of the molecule is CCCOC(=O)C(C)NC(=O)C(CC(C)C)NC(=O)OC. The number of rotatable bonds is 8. The molecule has 0 aliphatic rings. The van der Waals surface area contributed by atoms with Crippen LogP contribution in [0.2, 0.25) is 0 Å². The molecule has 0 saturated carbocycles. The fourth-order valence-corrected chi connectivity index (χ4v) is 1.60. The van der Waals surface area contributed by atoms with E-state index in [2.05, 4.69) is 15.4 Å². The van der Waals surface area contributed by atoms with Gasteiger partial charge in [0.25, 0.3) is 0 Å². The van der Waals surface area contributed by atoms with Gasteiger partial charge in [0.05, 0.1) is 13.7 Å². The van der Waals surface area contributed by atoms with E-state index in [0.717, 1.165) is 0 Å². The predicted molar refractivity (Wildman–Crippen MR) is 77.6 cm³/mol. The normalized spacial score (nSPS) is 13.2. The molecule has 0 aromatic rings. The van der Waals surface area contributed by atoms with E-state index in [1.54, 1.807) is 6.92 Å².